The molecule has 0 bridgehead atoms. The number of benzene rings is 2. The molecule has 3 heterocycles. The van der Waals surface area contributed by atoms with Crippen LogP contribution >= 0.6 is 23.2 Å². The number of anilines is 1. The summed E-state index contributed by atoms with van der Waals surface area (Å²) in [6.45, 7) is 1.46. The van der Waals surface area contributed by atoms with Gasteiger partial charge in [0.05, 0.1) is 39.8 Å². The number of hydrogen-bond acceptors (Lipinski definition) is 7. The Morgan fingerprint density at radius 3 is 2.17 bits per heavy atom. The molecule has 2 aromatic carbocycles. The number of hydrogen-bond donors (Lipinski definition) is 1. The highest BCUT2D eigenvalue weighted by Gasteiger charge is 2.22. The van der Waals surface area contributed by atoms with Gasteiger partial charge in [-0.1, -0.05) is 23.2 Å². The molecular formula is C26H17Cl2N3O5. The maximum absolute atomic E-state index is 12.8. The molecule has 0 saturated heterocycles. The van der Waals surface area contributed by atoms with Gasteiger partial charge in [0.2, 0.25) is 0 Å². The first-order valence-corrected chi connectivity index (χ1v) is 11.5. The Bertz CT molecular complexity index is 1570. The van der Waals surface area contributed by atoms with Gasteiger partial charge in [0, 0.05) is 5.02 Å². The molecule has 5 rings (SSSR count). The number of halogens is 2. The molecule has 0 spiro atoms. The van der Waals surface area contributed by atoms with Crippen LogP contribution in [0.1, 0.15) is 17.3 Å². The molecule has 1 amide bonds. The summed E-state index contributed by atoms with van der Waals surface area (Å²) in [7, 11) is 0. The monoisotopic (exact) mass is 521 g/mol. The predicted octanol–water partition coefficient (Wildman–Crippen LogP) is 6.64. The van der Waals surface area contributed by atoms with Crippen LogP contribution in [-0.2, 0) is 9.53 Å². The van der Waals surface area contributed by atoms with E-state index in [0.29, 0.717) is 44.7 Å². The van der Waals surface area contributed by atoms with E-state index in [0.717, 1.165) is 0 Å². The highest BCUT2D eigenvalue weighted by Crippen LogP contribution is 2.32. The lowest BCUT2D eigenvalue weighted by atomic mass is 10.1. The van der Waals surface area contributed by atoms with E-state index < -0.39 is 18.0 Å². The van der Waals surface area contributed by atoms with Gasteiger partial charge < -0.3 is 18.9 Å². The van der Waals surface area contributed by atoms with Gasteiger partial charge in [0.1, 0.15) is 11.4 Å². The van der Waals surface area contributed by atoms with E-state index in [2.05, 4.69) is 15.3 Å². The minimum atomic E-state index is -1.09. The third-order valence-electron chi connectivity index (χ3n) is 5.25. The van der Waals surface area contributed by atoms with Crippen molar-refractivity contribution in [2.45, 2.75) is 13.0 Å². The summed E-state index contributed by atoms with van der Waals surface area (Å²) in [6, 6.07) is 16.4. The molecule has 8 nitrogen and oxygen atoms in total. The van der Waals surface area contributed by atoms with Gasteiger partial charge in [-0.3, -0.25) is 4.79 Å². The first-order chi connectivity index (χ1) is 17.4. The number of nitrogens with zero attached hydrogens (tertiary/aromatic N) is 2. The van der Waals surface area contributed by atoms with Crippen molar-refractivity contribution >= 4 is 51.8 Å². The summed E-state index contributed by atoms with van der Waals surface area (Å²) >= 11 is 12.0. The second-order valence-electron chi connectivity index (χ2n) is 7.74. The highest BCUT2D eigenvalue weighted by molar-refractivity contribution is 6.36. The lowest BCUT2D eigenvalue weighted by Gasteiger charge is -2.14. The normalized spacial score (nSPS) is 11.9. The van der Waals surface area contributed by atoms with Crippen molar-refractivity contribution < 1.29 is 23.2 Å². The Hall–Kier alpha value is -4.14. The number of aromatic nitrogens is 2. The summed E-state index contributed by atoms with van der Waals surface area (Å²) in [6.07, 6.45) is 1.99. The third kappa shape index (κ3) is 4.82. The molecule has 0 fully saturated rings. The zero-order valence-electron chi connectivity index (χ0n) is 18.7. The van der Waals surface area contributed by atoms with Gasteiger partial charge in [-0.15, -0.1) is 0 Å². The Balaban J connectivity index is 1.39. The second kappa shape index (κ2) is 9.85. The van der Waals surface area contributed by atoms with E-state index >= 15 is 0 Å². The molecule has 1 N–H and O–H groups in total. The Kier molecular flexibility index (Phi) is 6.45. The number of fused-ring (bicyclic) bond motifs is 1. The van der Waals surface area contributed by atoms with Gasteiger partial charge in [0.15, 0.2) is 17.6 Å². The van der Waals surface area contributed by atoms with Crippen LogP contribution < -0.4 is 5.32 Å². The summed E-state index contributed by atoms with van der Waals surface area (Å²) in [5.74, 6) is -0.218. The molecule has 0 aliphatic carbocycles. The molecule has 1 unspecified atom stereocenters. The standard InChI is InChI=1S/C26H17Cl2N3O5/c1-14(25(32)31-18-9-7-16(27)13-17(18)28)36-26(33)15-6-8-19-20(12-15)30-24(22-5-3-11-35-22)23(29-19)21-4-2-10-34-21/h2-14H,1H3,(H,31,32). The molecule has 10 heteroatoms. The first kappa shape index (κ1) is 23.6. The van der Waals surface area contributed by atoms with Crippen LogP contribution in [-0.4, -0.2) is 27.9 Å². The largest absolute Gasteiger partial charge is 0.463 e. The lowest BCUT2D eigenvalue weighted by Crippen LogP contribution is -2.30. The Morgan fingerprint density at radius 1 is 0.889 bits per heavy atom. The fourth-order valence-corrected chi connectivity index (χ4v) is 3.91. The third-order valence-corrected chi connectivity index (χ3v) is 5.80. The fourth-order valence-electron chi connectivity index (χ4n) is 3.46. The zero-order chi connectivity index (χ0) is 25.2. The van der Waals surface area contributed by atoms with Crippen LogP contribution in [0.25, 0.3) is 33.9 Å². The molecular weight excluding hydrogens is 505 g/mol. The number of ether oxygens (including phenoxy) is 1. The maximum atomic E-state index is 12.8. The molecule has 1 atom stereocenters. The molecule has 0 aliphatic rings. The van der Waals surface area contributed by atoms with Gasteiger partial charge in [-0.2, -0.15) is 0 Å². The maximum Gasteiger partial charge on any atom is 0.338 e. The van der Waals surface area contributed by atoms with Crippen molar-refractivity contribution in [3.63, 3.8) is 0 Å². The quantitative estimate of drug-likeness (QED) is 0.249. The van der Waals surface area contributed by atoms with E-state index in [9.17, 15) is 9.59 Å². The van der Waals surface area contributed by atoms with Gasteiger partial charge >= 0.3 is 5.97 Å². The highest BCUT2D eigenvalue weighted by atomic mass is 35.5. The minimum Gasteiger partial charge on any atom is -0.463 e. The molecule has 0 saturated carbocycles. The van der Waals surface area contributed by atoms with Crippen molar-refractivity contribution in [3.05, 3.63) is 88.8 Å². The van der Waals surface area contributed by atoms with E-state index in [-0.39, 0.29) is 10.6 Å². The van der Waals surface area contributed by atoms with Crippen LogP contribution in [0, 0.1) is 0 Å². The van der Waals surface area contributed by atoms with Crippen LogP contribution in [0.3, 0.4) is 0 Å². The number of carbonyl (C=O) groups is 2. The van der Waals surface area contributed by atoms with Crippen LogP contribution in [0.2, 0.25) is 10.0 Å². The number of carbonyl (C=O) groups excluding carboxylic acids is 2. The van der Waals surface area contributed by atoms with Crippen molar-refractivity contribution in [1.82, 2.24) is 9.97 Å². The molecule has 0 radical (unpaired) electrons. The van der Waals surface area contributed by atoms with Crippen molar-refractivity contribution in [1.29, 1.82) is 0 Å². The minimum absolute atomic E-state index is 0.206. The lowest BCUT2D eigenvalue weighted by molar-refractivity contribution is -0.123. The topological polar surface area (TPSA) is 107 Å². The van der Waals surface area contributed by atoms with Crippen LogP contribution in [0.4, 0.5) is 5.69 Å². The predicted molar refractivity (Wildman–Crippen MR) is 135 cm³/mol. The van der Waals surface area contributed by atoms with Gasteiger partial charge in [-0.25, -0.2) is 14.8 Å². The van der Waals surface area contributed by atoms with E-state index in [1.54, 1.807) is 60.9 Å². The summed E-state index contributed by atoms with van der Waals surface area (Å²) in [5.41, 5.74) is 2.50. The summed E-state index contributed by atoms with van der Waals surface area (Å²) < 4.78 is 16.4. The summed E-state index contributed by atoms with van der Waals surface area (Å²) in [4.78, 5) is 34.7. The number of amides is 1. The summed E-state index contributed by atoms with van der Waals surface area (Å²) in [5, 5.41) is 3.32. The Morgan fingerprint density at radius 2 is 1.56 bits per heavy atom. The average Bonchev–Trinajstić information content (AvgIpc) is 3.59. The van der Waals surface area contributed by atoms with Gasteiger partial charge in [0.25, 0.3) is 5.91 Å². The average molecular weight is 522 g/mol. The van der Waals surface area contributed by atoms with Crippen LogP contribution in [0.5, 0.6) is 0 Å². The number of rotatable bonds is 6. The molecule has 180 valence electrons. The molecule has 5 aromatic rings. The first-order valence-electron chi connectivity index (χ1n) is 10.8. The van der Waals surface area contributed by atoms with E-state index in [1.165, 1.54) is 19.3 Å². The van der Waals surface area contributed by atoms with E-state index in [1.807, 2.05) is 0 Å². The SMILES string of the molecule is CC(OC(=O)c1ccc2nc(-c3ccco3)c(-c3ccco3)nc2c1)C(=O)Nc1ccc(Cl)cc1Cl. The van der Waals surface area contributed by atoms with Crippen molar-refractivity contribution in [2.24, 2.45) is 0 Å². The number of esters is 1. The smallest absolute Gasteiger partial charge is 0.338 e. The number of nitrogens with one attached hydrogen (secondary N) is 1. The molecule has 36 heavy (non-hydrogen) atoms. The molecule has 0 aliphatic heterocycles. The van der Waals surface area contributed by atoms with E-state index in [4.69, 9.17) is 36.8 Å². The zero-order valence-corrected chi connectivity index (χ0v) is 20.2. The Labute approximate surface area is 214 Å². The van der Waals surface area contributed by atoms with Crippen molar-refractivity contribution in [3.8, 4) is 22.9 Å². The van der Waals surface area contributed by atoms with Crippen LogP contribution in [0.15, 0.2) is 82.0 Å². The number of furan rings is 2. The second-order valence-corrected chi connectivity index (χ2v) is 8.58. The molecule has 3 aromatic heterocycles. The van der Waals surface area contributed by atoms with Gasteiger partial charge in [-0.05, 0) is 67.6 Å². The van der Waals surface area contributed by atoms with Crippen molar-refractivity contribution in [2.75, 3.05) is 5.32 Å². The fraction of sp³-hybridized carbons (Fsp3) is 0.0769.